The molecule has 0 amide bonds. The van der Waals surface area contributed by atoms with Crippen molar-refractivity contribution in [1.29, 1.82) is 0 Å². The number of halogens is 1. The first-order valence-electron chi connectivity index (χ1n) is 5.18. The summed E-state index contributed by atoms with van der Waals surface area (Å²) in [5, 5.41) is 0. The Hall–Kier alpha value is -0.150. The van der Waals surface area contributed by atoms with Crippen molar-refractivity contribution in [3.63, 3.8) is 0 Å². The van der Waals surface area contributed by atoms with Gasteiger partial charge >= 0.3 is 0 Å². The van der Waals surface area contributed by atoms with E-state index in [0.29, 0.717) is 0 Å². The Balaban J connectivity index is 2.22. The summed E-state index contributed by atoms with van der Waals surface area (Å²) in [5.41, 5.74) is 5.40. The highest BCUT2D eigenvalue weighted by Crippen LogP contribution is 2.30. The van der Waals surface area contributed by atoms with E-state index in [4.69, 9.17) is 5.73 Å². The van der Waals surface area contributed by atoms with E-state index < -0.39 is 0 Å². The first-order valence-corrected chi connectivity index (χ1v) is 5.18. The molecule has 78 valence electrons. The minimum Gasteiger partial charge on any atom is -0.330 e. The summed E-state index contributed by atoms with van der Waals surface area (Å²) >= 11 is 0. The lowest BCUT2D eigenvalue weighted by Gasteiger charge is -2.37. The summed E-state index contributed by atoms with van der Waals surface area (Å²) in [6.07, 6.45) is 3.05. The summed E-state index contributed by atoms with van der Waals surface area (Å²) in [6.45, 7) is 5.81. The van der Waals surface area contributed by atoms with E-state index in [1.807, 2.05) is 6.92 Å². The molecule has 2 N–H and O–H groups in total. The van der Waals surface area contributed by atoms with Gasteiger partial charge in [-0.3, -0.25) is 4.39 Å². The van der Waals surface area contributed by atoms with Gasteiger partial charge in [0.1, 0.15) is 0 Å². The Morgan fingerprint density at radius 2 is 2.00 bits per heavy atom. The van der Waals surface area contributed by atoms with Gasteiger partial charge in [0.2, 0.25) is 0 Å². The van der Waals surface area contributed by atoms with Crippen LogP contribution in [0, 0.1) is 5.41 Å². The van der Waals surface area contributed by atoms with Crippen LogP contribution in [0.4, 0.5) is 4.39 Å². The molecule has 0 aromatic carbocycles. The van der Waals surface area contributed by atoms with Crippen molar-refractivity contribution in [1.82, 2.24) is 4.90 Å². The number of hydrogen-bond donors (Lipinski definition) is 1. The van der Waals surface area contributed by atoms with Crippen LogP contribution in [0.1, 0.15) is 26.2 Å². The first-order chi connectivity index (χ1) is 6.20. The number of hydrogen-bond acceptors (Lipinski definition) is 2. The zero-order valence-electron chi connectivity index (χ0n) is 8.56. The molecule has 1 fully saturated rings. The smallest absolute Gasteiger partial charge is 0.0948 e. The van der Waals surface area contributed by atoms with Gasteiger partial charge in [-0.25, -0.2) is 0 Å². The van der Waals surface area contributed by atoms with Crippen molar-refractivity contribution in [3.05, 3.63) is 0 Å². The van der Waals surface area contributed by atoms with Crippen molar-refractivity contribution in [2.45, 2.75) is 26.2 Å². The SMILES string of the molecule is CC1(CF)CCN(CCCN)CC1. The van der Waals surface area contributed by atoms with Crippen LogP contribution in [0.2, 0.25) is 0 Å². The molecule has 13 heavy (non-hydrogen) atoms. The number of rotatable bonds is 4. The van der Waals surface area contributed by atoms with Gasteiger partial charge in [0.15, 0.2) is 0 Å². The van der Waals surface area contributed by atoms with Crippen molar-refractivity contribution in [3.8, 4) is 0 Å². The third kappa shape index (κ3) is 3.24. The molecule has 0 spiro atoms. The fourth-order valence-electron chi connectivity index (χ4n) is 1.76. The second-order valence-electron chi connectivity index (χ2n) is 4.43. The Morgan fingerprint density at radius 1 is 1.38 bits per heavy atom. The molecule has 0 radical (unpaired) electrons. The van der Waals surface area contributed by atoms with E-state index in [1.54, 1.807) is 0 Å². The van der Waals surface area contributed by atoms with Crippen LogP contribution in [0.25, 0.3) is 0 Å². The zero-order valence-corrected chi connectivity index (χ0v) is 8.56. The Morgan fingerprint density at radius 3 is 2.46 bits per heavy atom. The quantitative estimate of drug-likeness (QED) is 0.722. The van der Waals surface area contributed by atoms with Gasteiger partial charge in [0, 0.05) is 0 Å². The van der Waals surface area contributed by atoms with Crippen LogP contribution in [-0.2, 0) is 0 Å². The van der Waals surface area contributed by atoms with E-state index in [2.05, 4.69) is 4.90 Å². The highest BCUT2D eigenvalue weighted by Gasteiger charge is 2.29. The summed E-state index contributed by atoms with van der Waals surface area (Å²) in [6, 6.07) is 0. The minimum absolute atomic E-state index is 0.0424. The largest absolute Gasteiger partial charge is 0.330 e. The lowest BCUT2D eigenvalue weighted by atomic mass is 9.82. The minimum atomic E-state index is -0.169. The second-order valence-corrected chi connectivity index (χ2v) is 4.43. The van der Waals surface area contributed by atoms with E-state index in [1.165, 1.54) is 0 Å². The van der Waals surface area contributed by atoms with Gasteiger partial charge in [0.05, 0.1) is 6.67 Å². The molecule has 3 heteroatoms. The topological polar surface area (TPSA) is 29.3 Å². The molecule has 1 saturated heterocycles. The number of likely N-dealkylation sites (tertiary alicyclic amines) is 1. The molecule has 1 heterocycles. The van der Waals surface area contributed by atoms with Gasteiger partial charge in [-0.1, -0.05) is 6.92 Å². The Kier molecular flexibility index (Phi) is 4.13. The van der Waals surface area contributed by atoms with E-state index in [0.717, 1.165) is 45.4 Å². The van der Waals surface area contributed by atoms with E-state index in [-0.39, 0.29) is 12.1 Å². The van der Waals surface area contributed by atoms with Crippen molar-refractivity contribution in [2.75, 3.05) is 32.9 Å². The molecule has 0 aromatic rings. The van der Waals surface area contributed by atoms with Crippen LogP contribution < -0.4 is 5.73 Å². The fourth-order valence-corrected chi connectivity index (χ4v) is 1.76. The first kappa shape index (κ1) is 10.9. The third-order valence-electron chi connectivity index (χ3n) is 3.06. The summed E-state index contributed by atoms with van der Waals surface area (Å²) in [5.74, 6) is 0. The predicted octanol–water partition coefficient (Wildman–Crippen LogP) is 1.41. The summed E-state index contributed by atoms with van der Waals surface area (Å²) < 4.78 is 12.6. The van der Waals surface area contributed by atoms with E-state index in [9.17, 15) is 4.39 Å². The van der Waals surface area contributed by atoms with Gasteiger partial charge in [-0.2, -0.15) is 0 Å². The summed E-state index contributed by atoms with van der Waals surface area (Å²) in [4.78, 5) is 2.39. The van der Waals surface area contributed by atoms with Gasteiger partial charge in [-0.05, 0) is 50.9 Å². The van der Waals surface area contributed by atoms with Crippen LogP contribution >= 0.6 is 0 Å². The van der Waals surface area contributed by atoms with Crippen molar-refractivity contribution in [2.24, 2.45) is 11.1 Å². The monoisotopic (exact) mass is 188 g/mol. The maximum atomic E-state index is 12.6. The Labute approximate surface area is 80.3 Å². The normalized spacial score (nSPS) is 23.3. The molecule has 0 aliphatic carbocycles. The molecule has 0 atom stereocenters. The molecule has 1 aliphatic heterocycles. The molecule has 1 aliphatic rings. The molecular formula is C10H21FN2. The van der Waals surface area contributed by atoms with Crippen LogP contribution in [0.5, 0.6) is 0 Å². The molecule has 0 aromatic heterocycles. The van der Waals surface area contributed by atoms with Gasteiger partial charge in [-0.15, -0.1) is 0 Å². The van der Waals surface area contributed by atoms with Gasteiger partial charge < -0.3 is 10.6 Å². The molecular weight excluding hydrogens is 167 g/mol. The van der Waals surface area contributed by atoms with Crippen molar-refractivity contribution >= 4 is 0 Å². The van der Waals surface area contributed by atoms with Crippen LogP contribution in [-0.4, -0.2) is 37.8 Å². The molecule has 0 bridgehead atoms. The summed E-state index contributed by atoms with van der Waals surface area (Å²) in [7, 11) is 0. The third-order valence-corrected chi connectivity index (χ3v) is 3.06. The van der Waals surface area contributed by atoms with E-state index >= 15 is 0 Å². The number of nitrogens with two attached hydrogens (primary N) is 1. The predicted molar refractivity (Wildman–Crippen MR) is 53.4 cm³/mol. The van der Waals surface area contributed by atoms with Crippen LogP contribution in [0.15, 0.2) is 0 Å². The molecule has 0 unspecified atom stereocenters. The zero-order chi connectivity index (χ0) is 9.73. The van der Waals surface area contributed by atoms with Crippen molar-refractivity contribution < 1.29 is 4.39 Å². The number of piperidine rings is 1. The Bertz CT molecular complexity index is 142. The highest BCUT2D eigenvalue weighted by atomic mass is 19.1. The average molecular weight is 188 g/mol. The van der Waals surface area contributed by atoms with Gasteiger partial charge in [0.25, 0.3) is 0 Å². The maximum Gasteiger partial charge on any atom is 0.0948 e. The molecule has 2 nitrogen and oxygen atoms in total. The number of nitrogens with zero attached hydrogens (tertiary/aromatic N) is 1. The highest BCUT2D eigenvalue weighted by molar-refractivity contribution is 4.81. The van der Waals surface area contributed by atoms with Crippen LogP contribution in [0.3, 0.4) is 0 Å². The second kappa shape index (κ2) is 4.91. The lowest BCUT2D eigenvalue weighted by Crippen LogP contribution is -2.40. The fraction of sp³-hybridized carbons (Fsp3) is 1.00. The maximum absolute atomic E-state index is 12.6. The average Bonchev–Trinajstić information content (AvgIpc) is 2.17. The molecule has 0 saturated carbocycles. The standard InChI is InChI=1S/C10H21FN2/c1-10(9-11)3-7-13(8-4-10)6-2-5-12/h2-9,12H2,1H3. The molecule has 1 rings (SSSR count). The number of alkyl halides is 1. The lowest BCUT2D eigenvalue weighted by molar-refractivity contribution is 0.0930.